The quantitative estimate of drug-likeness (QED) is 0.633. The first-order valence-corrected chi connectivity index (χ1v) is 9.82. The lowest BCUT2D eigenvalue weighted by molar-refractivity contribution is 0.169. The average Bonchev–Trinajstić information content (AvgIpc) is 3.33. The summed E-state index contributed by atoms with van der Waals surface area (Å²) in [7, 11) is 0. The van der Waals surface area contributed by atoms with Gasteiger partial charge in [0.05, 0.1) is 12.2 Å². The lowest BCUT2D eigenvalue weighted by Gasteiger charge is -2.36. The van der Waals surface area contributed by atoms with Gasteiger partial charge in [-0.15, -0.1) is 11.3 Å². The van der Waals surface area contributed by atoms with E-state index in [1.807, 2.05) is 17.4 Å². The van der Waals surface area contributed by atoms with Crippen LogP contribution in [0.3, 0.4) is 0 Å². The zero-order valence-corrected chi connectivity index (χ0v) is 15.8. The summed E-state index contributed by atoms with van der Waals surface area (Å²) in [5.74, 6) is 1.49. The van der Waals surface area contributed by atoms with Crippen LogP contribution in [0.4, 0.5) is 0 Å². The van der Waals surface area contributed by atoms with Crippen LogP contribution in [-0.4, -0.2) is 60.2 Å². The van der Waals surface area contributed by atoms with Crippen molar-refractivity contribution in [2.45, 2.75) is 26.3 Å². The Morgan fingerprint density at radius 1 is 1.36 bits per heavy atom. The van der Waals surface area contributed by atoms with Crippen LogP contribution in [0.1, 0.15) is 30.3 Å². The first-order chi connectivity index (χ1) is 12.3. The number of thiophene rings is 1. The van der Waals surface area contributed by atoms with Crippen molar-refractivity contribution >= 4 is 17.3 Å². The third-order valence-electron chi connectivity index (χ3n) is 4.43. The van der Waals surface area contributed by atoms with Gasteiger partial charge in [0.2, 0.25) is 0 Å². The molecule has 2 aromatic heterocycles. The molecule has 6 nitrogen and oxygen atoms in total. The Kier molecular flexibility index (Phi) is 6.47. The Bertz CT molecular complexity index is 632. The third-order valence-corrected chi connectivity index (χ3v) is 5.53. The number of guanidine groups is 1. The van der Waals surface area contributed by atoms with Gasteiger partial charge in [0.1, 0.15) is 6.26 Å². The largest absolute Gasteiger partial charge is 0.364 e. The molecule has 1 unspecified atom stereocenters. The number of hydrogen-bond acceptors (Lipinski definition) is 5. The highest BCUT2D eigenvalue weighted by Gasteiger charge is 2.20. The van der Waals surface area contributed by atoms with E-state index in [-0.39, 0.29) is 0 Å². The van der Waals surface area contributed by atoms with Gasteiger partial charge in [-0.25, -0.2) is 0 Å². The normalized spacial score (nSPS) is 17.7. The number of nitrogens with one attached hydrogen (secondary N) is 1. The van der Waals surface area contributed by atoms with Crippen molar-refractivity contribution < 1.29 is 4.52 Å². The summed E-state index contributed by atoms with van der Waals surface area (Å²) >= 11 is 1.81. The molecule has 136 valence electrons. The number of piperazine rings is 1. The van der Waals surface area contributed by atoms with Crippen LogP contribution in [0.2, 0.25) is 0 Å². The molecule has 2 aromatic rings. The van der Waals surface area contributed by atoms with Gasteiger partial charge in [0.25, 0.3) is 0 Å². The van der Waals surface area contributed by atoms with Crippen molar-refractivity contribution in [1.29, 1.82) is 0 Å². The van der Waals surface area contributed by atoms with E-state index in [4.69, 9.17) is 9.52 Å². The number of rotatable bonds is 6. The van der Waals surface area contributed by atoms with Crippen molar-refractivity contribution in [3.63, 3.8) is 0 Å². The molecular weight excluding hydrogens is 334 g/mol. The minimum atomic E-state index is 0.460. The zero-order valence-electron chi connectivity index (χ0n) is 15.0. The molecule has 1 saturated heterocycles. The highest BCUT2D eigenvalue weighted by atomic mass is 32.1. The smallest absolute Gasteiger partial charge is 0.194 e. The molecule has 3 rings (SSSR count). The minimum absolute atomic E-state index is 0.460. The molecule has 1 atom stereocenters. The molecule has 7 heteroatoms. The maximum atomic E-state index is 4.92. The number of aromatic nitrogens is 1. The van der Waals surface area contributed by atoms with E-state index < -0.39 is 0 Å². The summed E-state index contributed by atoms with van der Waals surface area (Å²) in [6, 6.07) is 6.24. The van der Waals surface area contributed by atoms with E-state index in [9.17, 15) is 0 Å². The van der Waals surface area contributed by atoms with E-state index in [0.29, 0.717) is 5.92 Å². The molecule has 0 bridgehead atoms. The van der Waals surface area contributed by atoms with Crippen LogP contribution in [0.15, 0.2) is 39.4 Å². The highest BCUT2D eigenvalue weighted by Crippen LogP contribution is 2.20. The predicted molar refractivity (Wildman–Crippen MR) is 102 cm³/mol. The Balaban J connectivity index is 1.53. The fraction of sp³-hybridized carbons (Fsp3) is 0.556. The first kappa shape index (κ1) is 17.9. The zero-order chi connectivity index (χ0) is 17.5. The van der Waals surface area contributed by atoms with Crippen LogP contribution in [0.5, 0.6) is 0 Å². The summed E-state index contributed by atoms with van der Waals surface area (Å²) in [5, 5.41) is 9.58. The van der Waals surface area contributed by atoms with Gasteiger partial charge < -0.3 is 14.7 Å². The highest BCUT2D eigenvalue weighted by molar-refractivity contribution is 7.10. The lowest BCUT2D eigenvalue weighted by atomic mass is 10.1. The Morgan fingerprint density at radius 3 is 2.84 bits per heavy atom. The van der Waals surface area contributed by atoms with Crippen molar-refractivity contribution in [2.24, 2.45) is 4.99 Å². The molecule has 1 aliphatic rings. The minimum Gasteiger partial charge on any atom is -0.364 e. The van der Waals surface area contributed by atoms with Gasteiger partial charge in [0.15, 0.2) is 5.96 Å². The Hall–Kier alpha value is -1.86. The second kappa shape index (κ2) is 9.01. The van der Waals surface area contributed by atoms with Gasteiger partial charge in [-0.3, -0.25) is 9.89 Å². The maximum Gasteiger partial charge on any atom is 0.194 e. The predicted octanol–water partition coefficient (Wildman–Crippen LogP) is 2.62. The van der Waals surface area contributed by atoms with Crippen LogP contribution >= 0.6 is 11.3 Å². The molecule has 0 spiro atoms. The molecule has 0 saturated carbocycles. The molecular formula is C18H27N5OS. The van der Waals surface area contributed by atoms with Gasteiger partial charge in [-0.1, -0.05) is 18.1 Å². The molecule has 1 aliphatic heterocycles. The van der Waals surface area contributed by atoms with Crippen molar-refractivity contribution in [3.8, 4) is 0 Å². The lowest BCUT2D eigenvalue weighted by Crippen LogP contribution is -2.52. The monoisotopic (exact) mass is 361 g/mol. The average molecular weight is 362 g/mol. The molecule has 1 N–H and O–H groups in total. The van der Waals surface area contributed by atoms with Crippen LogP contribution in [0.25, 0.3) is 0 Å². The van der Waals surface area contributed by atoms with Gasteiger partial charge in [-0.05, 0) is 18.4 Å². The number of hydrogen-bond donors (Lipinski definition) is 1. The standard InChI is InChI=1S/C18H27N5OS/c1-3-19-18(20-13-15(2)17-5-4-12-25-17)23-9-7-22(8-10-23)14-16-6-11-24-21-16/h4-6,11-12,15H,3,7-10,13-14H2,1-2H3,(H,19,20). The number of nitrogens with zero attached hydrogens (tertiary/aromatic N) is 4. The second-order valence-corrected chi connectivity index (χ2v) is 7.34. The van der Waals surface area contributed by atoms with E-state index in [1.165, 1.54) is 4.88 Å². The molecule has 3 heterocycles. The van der Waals surface area contributed by atoms with E-state index in [2.05, 4.69) is 51.6 Å². The van der Waals surface area contributed by atoms with E-state index in [1.54, 1.807) is 6.26 Å². The summed E-state index contributed by atoms with van der Waals surface area (Å²) in [6.45, 7) is 10.9. The van der Waals surface area contributed by atoms with Crippen LogP contribution in [-0.2, 0) is 6.54 Å². The Morgan fingerprint density at radius 2 is 2.20 bits per heavy atom. The van der Waals surface area contributed by atoms with E-state index in [0.717, 1.165) is 57.5 Å². The maximum absolute atomic E-state index is 4.92. The molecule has 0 aromatic carbocycles. The van der Waals surface area contributed by atoms with Gasteiger partial charge >= 0.3 is 0 Å². The molecule has 0 radical (unpaired) electrons. The van der Waals surface area contributed by atoms with Gasteiger partial charge in [0, 0.05) is 56.1 Å². The fourth-order valence-electron chi connectivity index (χ4n) is 2.98. The molecule has 0 amide bonds. The second-order valence-electron chi connectivity index (χ2n) is 6.37. The van der Waals surface area contributed by atoms with Crippen LogP contribution < -0.4 is 5.32 Å². The molecule has 25 heavy (non-hydrogen) atoms. The SMILES string of the molecule is CCNC(=NCC(C)c1cccs1)N1CCN(Cc2ccon2)CC1. The summed E-state index contributed by atoms with van der Waals surface area (Å²) in [5.41, 5.74) is 0.999. The Labute approximate surface area is 153 Å². The fourth-order valence-corrected chi connectivity index (χ4v) is 3.76. The van der Waals surface area contributed by atoms with Crippen molar-refractivity contribution in [3.05, 3.63) is 40.4 Å². The topological polar surface area (TPSA) is 56.9 Å². The van der Waals surface area contributed by atoms with Crippen molar-refractivity contribution in [2.75, 3.05) is 39.3 Å². The molecule has 0 aliphatic carbocycles. The first-order valence-electron chi connectivity index (χ1n) is 8.94. The summed E-state index contributed by atoms with van der Waals surface area (Å²) in [4.78, 5) is 11.1. The van der Waals surface area contributed by atoms with Crippen LogP contribution in [0, 0.1) is 0 Å². The summed E-state index contributed by atoms with van der Waals surface area (Å²) < 4.78 is 4.92. The van der Waals surface area contributed by atoms with Crippen molar-refractivity contribution in [1.82, 2.24) is 20.3 Å². The van der Waals surface area contributed by atoms with Gasteiger partial charge in [-0.2, -0.15) is 0 Å². The summed E-state index contributed by atoms with van der Waals surface area (Å²) in [6.07, 6.45) is 1.64. The third kappa shape index (κ3) is 5.06. The number of aliphatic imine (C=N–C) groups is 1. The molecule has 1 fully saturated rings. The van der Waals surface area contributed by atoms with E-state index >= 15 is 0 Å².